The summed E-state index contributed by atoms with van der Waals surface area (Å²) in [6.07, 6.45) is 3.56. The van der Waals surface area contributed by atoms with Gasteiger partial charge in [0.2, 0.25) is 5.95 Å². The molecule has 84 valence electrons. The van der Waals surface area contributed by atoms with Crippen molar-refractivity contribution in [2.24, 2.45) is 0 Å². The third-order valence-electron chi connectivity index (χ3n) is 1.74. The quantitative estimate of drug-likeness (QED) is 0.592. The van der Waals surface area contributed by atoms with Gasteiger partial charge in [-0.25, -0.2) is 9.97 Å². The number of nitrogens with zero attached hydrogens (tertiary/aromatic N) is 2. The molecule has 5 heteroatoms. The van der Waals surface area contributed by atoms with Gasteiger partial charge in [-0.3, -0.25) is 0 Å². The Hall–Kier alpha value is -1.20. The zero-order valence-electron chi connectivity index (χ0n) is 9.20. The molecule has 0 saturated carbocycles. The zero-order valence-corrected chi connectivity index (χ0v) is 9.20. The molecule has 0 aliphatic heterocycles. The topological polar surface area (TPSA) is 70.1 Å². The van der Waals surface area contributed by atoms with Crippen LogP contribution in [0.25, 0.3) is 0 Å². The lowest BCUT2D eigenvalue weighted by atomic mass is 10.3. The fourth-order valence-corrected chi connectivity index (χ4v) is 1.09. The Morgan fingerprint density at radius 1 is 1.33 bits per heavy atom. The van der Waals surface area contributed by atoms with E-state index >= 15 is 0 Å². The maximum absolute atomic E-state index is 8.58. The Morgan fingerprint density at radius 3 is 2.53 bits per heavy atom. The summed E-state index contributed by atoms with van der Waals surface area (Å²) in [6.45, 7) is 5.50. The Labute approximate surface area is 90.0 Å². The van der Waals surface area contributed by atoms with E-state index in [1.165, 1.54) is 0 Å². The summed E-state index contributed by atoms with van der Waals surface area (Å²) in [7, 11) is 0. The average molecular weight is 210 g/mol. The van der Waals surface area contributed by atoms with Gasteiger partial charge in [0.1, 0.15) is 0 Å². The SMILES string of the molecule is CC(C)Nc1ncc(CNCCO)cn1. The Balaban J connectivity index is 2.42. The van der Waals surface area contributed by atoms with Crippen LogP contribution in [0.15, 0.2) is 12.4 Å². The smallest absolute Gasteiger partial charge is 0.222 e. The molecule has 1 rings (SSSR count). The second-order valence-electron chi connectivity index (χ2n) is 3.61. The lowest BCUT2D eigenvalue weighted by molar-refractivity contribution is 0.292. The lowest BCUT2D eigenvalue weighted by Gasteiger charge is -2.08. The first kappa shape index (κ1) is 11.9. The van der Waals surface area contributed by atoms with Crippen molar-refractivity contribution in [2.75, 3.05) is 18.5 Å². The monoisotopic (exact) mass is 210 g/mol. The highest BCUT2D eigenvalue weighted by atomic mass is 16.3. The summed E-state index contributed by atoms with van der Waals surface area (Å²) in [5, 5.41) is 14.8. The van der Waals surface area contributed by atoms with E-state index in [9.17, 15) is 0 Å². The van der Waals surface area contributed by atoms with Gasteiger partial charge in [0.25, 0.3) is 0 Å². The minimum Gasteiger partial charge on any atom is -0.395 e. The fraction of sp³-hybridized carbons (Fsp3) is 0.600. The first-order valence-corrected chi connectivity index (χ1v) is 5.11. The van der Waals surface area contributed by atoms with E-state index in [0.29, 0.717) is 25.1 Å². The summed E-state index contributed by atoms with van der Waals surface area (Å²) in [5.41, 5.74) is 1.01. The van der Waals surface area contributed by atoms with Crippen LogP contribution in [0.3, 0.4) is 0 Å². The largest absolute Gasteiger partial charge is 0.395 e. The summed E-state index contributed by atoms with van der Waals surface area (Å²) < 4.78 is 0. The first-order valence-electron chi connectivity index (χ1n) is 5.11. The third-order valence-corrected chi connectivity index (χ3v) is 1.74. The van der Waals surface area contributed by atoms with E-state index < -0.39 is 0 Å². The molecule has 0 aliphatic carbocycles. The van der Waals surface area contributed by atoms with Crippen molar-refractivity contribution in [1.82, 2.24) is 15.3 Å². The number of hydrogen-bond donors (Lipinski definition) is 3. The number of nitrogens with one attached hydrogen (secondary N) is 2. The van der Waals surface area contributed by atoms with Crippen molar-refractivity contribution in [3.8, 4) is 0 Å². The molecule has 5 nitrogen and oxygen atoms in total. The number of hydrogen-bond acceptors (Lipinski definition) is 5. The second-order valence-corrected chi connectivity index (χ2v) is 3.61. The molecule has 0 aliphatic rings. The van der Waals surface area contributed by atoms with Crippen LogP contribution in [0.4, 0.5) is 5.95 Å². The van der Waals surface area contributed by atoms with Crippen molar-refractivity contribution in [2.45, 2.75) is 26.4 Å². The number of anilines is 1. The number of aromatic nitrogens is 2. The van der Waals surface area contributed by atoms with Gasteiger partial charge in [-0.2, -0.15) is 0 Å². The van der Waals surface area contributed by atoms with E-state index in [1.807, 2.05) is 13.8 Å². The maximum atomic E-state index is 8.58. The van der Waals surface area contributed by atoms with Gasteiger partial charge in [0.05, 0.1) is 6.61 Å². The summed E-state index contributed by atoms with van der Waals surface area (Å²) >= 11 is 0. The first-order chi connectivity index (χ1) is 7.22. The Bertz CT molecular complexity index is 273. The number of aliphatic hydroxyl groups excluding tert-OH is 1. The van der Waals surface area contributed by atoms with Gasteiger partial charge in [-0.15, -0.1) is 0 Å². The summed E-state index contributed by atoms with van der Waals surface area (Å²) in [6, 6.07) is 0.336. The molecule has 1 aromatic rings. The van der Waals surface area contributed by atoms with E-state index in [1.54, 1.807) is 12.4 Å². The molecule has 0 saturated heterocycles. The Morgan fingerprint density at radius 2 is 2.00 bits per heavy atom. The minimum atomic E-state index is 0.147. The van der Waals surface area contributed by atoms with Crippen molar-refractivity contribution >= 4 is 5.95 Å². The van der Waals surface area contributed by atoms with Gasteiger partial charge in [-0.05, 0) is 13.8 Å². The molecular weight excluding hydrogens is 192 g/mol. The van der Waals surface area contributed by atoms with E-state index in [2.05, 4.69) is 20.6 Å². The fourth-order valence-electron chi connectivity index (χ4n) is 1.09. The van der Waals surface area contributed by atoms with Gasteiger partial charge >= 0.3 is 0 Å². The van der Waals surface area contributed by atoms with Crippen LogP contribution in [0.1, 0.15) is 19.4 Å². The standard InChI is InChI=1S/C10H18N4O/c1-8(2)14-10-12-6-9(7-13-10)5-11-3-4-15/h6-8,11,15H,3-5H2,1-2H3,(H,12,13,14). The molecular formula is C10H18N4O. The molecule has 1 heterocycles. The lowest BCUT2D eigenvalue weighted by Crippen LogP contribution is -2.18. The van der Waals surface area contributed by atoms with Crippen molar-refractivity contribution in [3.63, 3.8) is 0 Å². The summed E-state index contributed by atoms with van der Waals surface area (Å²) in [5.74, 6) is 0.649. The highest BCUT2D eigenvalue weighted by molar-refractivity contribution is 5.25. The van der Waals surface area contributed by atoms with Crippen molar-refractivity contribution in [1.29, 1.82) is 0 Å². The third kappa shape index (κ3) is 4.71. The molecule has 0 fully saturated rings. The molecule has 1 aromatic heterocycles. The zero-order chi connectivity index (χ0) is 11.1. The Kier molecular flexibility index (Phi) is 5.00. The summed E-state index contributed by atoms with van der Waals surface area (Å²) in [4.78, 5) is 8.35. The van der Waals surface area contributed by atoms with Crippen LogP contribution in [0, 0.1) is 0 Å². The van der Waals surface area contributed by atoms with E-state index in [4.69, 9.17) is 5.11 Å². The molecule has 3 N–H and O–H groups in total. The highest BCUT2D eigenvalue weighted by Gasteiger charge is 1.98. The van der Waals surface area contributed by atoms with Gasteiger partial charge in [0.15, 0.2) is 0 Å². The maximum Gasteiger partial charge on any atom is 0.222 e. The normalized spacial score (nSPS) is 10.7. The minimum absolute atomic E-state index is 0.147. The van der Waals surface area contributed by atoms with Crippen LogP contribution < -0.4 is 10.6 Å². The molecule has 0 radical (unpaired) electrons. The van der Waals surface area contributed by atoms with Crippen molar-refractivity contribution in [3.05, 3.63) is 18.0 Å². The van der Waals surface area contributed by atoms with Crippen molar-refractivity contribution < 1.29 is 5.11 Å². The van der Waals surface area contributed by atoms with E-state index in [0.717, 1.165) is 5.56 Å². The van der Waals surface area contributed by atoms with E-state index in [-0.39, 0.29) is 6.61 Å². The predicted octanol–water partition coefficient (Wildman–Crippen LogP) is 0.379. The van der Waals surface area contributed by atoms with Crippen LogP contribution >= 0.6 is 0 Å². The van der Waals surface area contributed by atoms with Gasteiger partial charge in [0, 0.05) is 37.1 Å². The molecule has 0 spiro atoms. The van der Waals surface area contributed by atoms with Gasteiger partial charge in [-0.1, -0.05) is 0 Å². The molecule has 0 atom stereocenters. The average Bonchev–Trinajstić information content (AvgIpc) is 2.20. The number of aliphatic hydroxyl groups is 1. The second kappa shape index (κ2) is 6.31. The van der Waals surface area contributed by atoms with Gasteiger partial charge < -0.3 is 15.7 Å². The molecule has 0 amide bonds. The van der Waals surface area contributed by atoms with Crippen LogP contribution in [0.5, 0.6) is 0 Å². The molecule has 0 aromatic carbocycles. The number of rotatable bonds is 6. The molecule has 0 bridgehead atoms. The molecule has 0 unspecified atom stereocenters. The highest BCUT2D eigenvalue weighted by Crippen LogP contribution is 2.01. The van der Waals surface area contributed by atoms with Crippen LogP contribution in [0.2, 0.25) is 0 Å². The van der Waals surface area contributed by atoms with Crippen LogP contribution in [-0.4, -0.2) is 34.3 Å². The molecule has 15 heavy (non-hydrogen) atoms. The predicted molar refractivity (Wildman–Crippen MR) is 59.6 cm³/mol. The van der Waals surface area contributed by atoms with Crippen LogP contribution in [-0.2, 0) is 6.54 Å².